The first-order chi connectivity index (χ1) is 5.70. The van der Waals surface area contributed by atoms with Crippen LogP contribution in [-0.4, -0.2) is 49.6 Å². The van der Waals surface area contributed by atoms with Crippen molar-refractivity contribution in [2.75, 3.05) is 33.7 Å². The summed E-state index contributed by atoms with van der Waals surface area (Å²) in [5.74, 6) is 0. The van der Waals surface area contributed by atoms with Gasteiger partial charge in [-0.25, -0.2) is 0 Å². The van der Waals surface area contributed by atoms with E-state index in [-0.39, 0.29) is 0 Å². The van der Waals surface area contributed by atoms with Gasteiger partial charge in [0.15, 0.2) is 0 Å². The maximum absolute atomic E-state index is 2.43. The lowest BCUT2D eigenvalue weighted by molar-refractivity contribution is 0.242. The molecule has 1 heterocycles. The molecule has 0 bridgehead atoms. The van der Waals surface area contributed by atoms with Crippen LogP contribution in [0.3, 0.4) is 0 Å². The van der Waals surface area contributed by atoms with Crippen molar-refractivity contribution in [3.8, 4) is 0 Å². The molecule has 1 unspecified atom stereocenters. The monoisotopic (exact) mass is 172 g/mol. The summed E-state index contributed by atoms with van der Waals surface area (Å²) in [4.78, 5) is 4.84. The number of hydrogen-bond donors (Lipinski definition) is 0. The van der Waals surface area contributed by atoms with Crippen molar-refractivity contribution < 1.29 is 0 Å². The molecule has 1 atom stereocenters. The highest BCUT2D eigenvalue weighted by Gasteiger charge is 2.14. The van der Waals surface area contributed by atoms with Crippen LogP contribution in [0.5, 0.6) is 0 Å². The Labute approximate surface area is 77.5 Å². The molecule has 0 aromatic carbocycles. The van der Waals surface area contributed by atoms with Crippen LogP contribution >= 0.6 is 0 Å². The fourth-order valence-electron chi connectivity index (χ4n) is 1.49. The van der Waals surface area contributed by atoms with Gasteiger partial charge in [0.05, 0.1) is 0 Å². The Kier molecular flexibility index (Phi) is 6.39. The SMILES string of the molecule is CC.CC1CN(C)CCCN1C. The van der Waals surface area contributed by atoms with Gasteiger partial charge in [0.25, 0.3) is 0 Å². The summed E-state index contributed by atoms with van der Waals surface area (Å²) in [5.41, 5.74) is 0. The molecule has 0 N–H and O–H groups in total. The van der Waals surface area contributed by atoms with Gasteiger partial charge in [0, 0.05) is 12.6 Å². The molecule has 0 aromatic rings. The standard InChI is InChI=1S/C8H18N2.C2H6/c1-8-7-9(2)5-4-6-10(8)3;1-2/h8H,4-7H2,1-3H3;1-2H3. The average Bonchev–Trinajstić information content (AvgIpc) is 2.19. The van der Waals surface area contributed by atoms with Crippen molar-refractivity contribution in [1.29, 1.82) is 0 Å². The summed E-state index contributed by atoms with van der Waals surface area (Å²) < 4.78 is 0. The van der Waals surface area contributed by atoms with Gasteiger partial charge in [-0.3, -0.25) is 0 Å². The second-order valence-corrected chi connectivity index (χ2v) is 3.45. The van der Waals surface area contributed by atoms with E-state index < -0.39 is 0 Å². The van der Waals surface area contributed by atoms with Gasteiger partial charge >= 0.3 is 0 Å². The molecule has 1 aliphatic heterocycles. The summed E-state index contributed by atoms with van der Waals surface area (Å²) >= 11 is 0. The average molecular weight is 172 g/mol. The van der Waals surface area contributed by atoms with Gasteiger partial charge in [-0.2, -0.15) is 0 Å². The summed E-state index contributed by atoms with van der Waals surface area (Å²) in [6, 6.07) is 0.729. The van der Waals surface area contributed by atoms with Crippen molar-refractivity contribution in [3.05, 3.63) is 0 Å². The van der Waals surface area contributed by atoms with Crippen molar-refractivity contribution in [2.45, 2.75) is 33.2 Å². The Morgan fingerprint density at radius 2 is 1.67 bits per heavy atom. The third-order valence-electron chi connectivity index (χ3n) is 2.38. The van der Waals surface area contributed by atoms with Crippen LogP contribution in [0, 0.1) is 0 Å². The van der Waals surface area contributed by atoms with Crippen LogP contribution in [-0.2, 0) is 0 Å². The zero-order valence-electron chi connectivity index (χ0n) is 9.30. The molecule has 0 aromatic heterocycles. The van der Waals surface area contributed by atoms with Crippen LogP contribution in [0.2, 0.25) is 0 Å². The maximum Gasteiger partial charge on any atom is 0.0191 e. The molecular formula is C10H24N2. The molecule has 0 amide bonds. The molecular weight excluding hydrogens is 148 g/mol. The lowest BCUT2D eigenvalue weighted by Crippen LogP contribution is -2.34. The minimum Gasteiger partial charge on any atom is -0.305 e. The minimum atomic E-state index is 0.729. The van der Waals surface area contributed by atoms with Gasteiger partial charge in [0.1, 0.15) is 0 Å². The van der Waals surface area contributed by atoms with E-state index in [1.54, 1.807) is 0 Å². The number of rotatable bonds is 0. The Hall–Kier alpha value is -0.0800. The van der Waals surface area contributed by atoms with Crippen LogP contribution in [0.4, 0.5) is 0 Å². The number of nitrogens with zero attached hydrogens (tertiary/aromatic N) is 2. The van der Waals surface area contributed by atoms with E-state index in [1.165, 1.54) is 26.1 Å². The predicted octanol–water partition coefficient (Wildman–Crippen LogP) is 1.67. The van der Waals surface area contributed by atoms with E-state index in [1.807, 2.05) is 13.8 Å². The Bertz CT molecular complexity index is 104. The summed E-state index contributed by atoms with van der Waals surface area (Å²) in [7, 11) is 4.42. The van der Waals surface area contributed by atoms with E-state index in [0.717, 1.165) is 6.04 Å². The molecule has 0 aliphatic carbocycles. The first kappa shape index (κ1) is 11.9. The summed E-state index contributed by atoms with van der Waals surface area (Å²) in [5, 5.41) is 0. The van der Waals surface area contributed by atoms with E-state index >= 15 is 0 Å². The minimum absolute atomic E-state index is 0.729. The zero-order chi connectivity index (χ0) is 9.56. The van der Waals surface area contributed by atoms with Crippen molar-refractivity contribution in [1.82, 2.24) is 9.80 Å². The van der Waals surface area contributed by atoms with Crippen LogP contribution in [0.25, 0.3) is 0 Å². The van der Waals surface area contributed by atoms with E-state index in [9.17, 15) is 0 Å². The molecule has 0 saturated carbocycles. The molecule has 0 spiro atoms. The Balaban J connectivity index is 0.000000561. The molecule has 2 nitrogen and oxygen atoms in total. The van der Waals surface area contributed by atoms with Crippen molar-refractivity contribution in [2.24, 2.45) is 0 Å². The molecule has 12 heavy (non-hydrogen) atoms. The first-order valence-electron chi connectivity index (χ1n) is 5.09. The van der Waals surface area contributed by atoms with E-state index in [2.05, 4.69) is 30.8 Å². The number of likely N-dealkylation sites (N-methyl/N-ethyl adjacent to an activating group) is 2. The topological polar surface area (TPSA) is 6.48 Å². The van der Waals surface area contributed by atoms with Crippen molar-refractivity contribution in [3.63, 3.8) is 0 Å². The largest absolute Gasteiger partial charge is 0.305 e. The van der Waals surface area contributed by atoms with Gasteiger partial charge in [0.2, 0.25) is 0 Å². The Morgan fingerprint density at radius 1 is 1.08 bits per heavy atom. The maximum atomic E-state index is 2.43. The molecule has 0 radical (unpaired) electrons. The van der Waals surface area contributed by atoms with Crippen molar-refractivity contribution >= 4 is 0 Å². The molecule has 1 aliphatic rings. The van der Waals surface area contributed by atoms with E-state index in [4.69, 9.17) is 0 Å². The molecule has 1 rings (SSSR count). The molecule has 1 saturated heterocycles. The van der Waals surface area contributed by atoms with Crippen LogP contribution in [0.15, 0.2) is 0 Å². The first-order valence-corrected chi connectivity index (χ1v) is 5.09. The molecule has 1 fully saturated rings. The van der Waals surface area contributed by atoms with E-state index in [0.29, 0.717) is 0 Å². The Morgan fingerprint density at radius 3 is 2.25 bits per heavy atom. The third-order valence-corrected chi connectivity index (χ3v) is 2.38. The van der Waals surface area contributed by atoms with Crippen LogP contribution in [0.1, 0.15) is 27.2 Å². The fourth-order valence-corrected chi connectivity index (χ4v) is 1.49. The molecule has 74 valence electrons. The zero-order valence-corrected chi connectivity index (χ0v) is 9.30. The number of hydrogen-bond acceptors (Lipinski definition) is 2. The predicted molar refractivity (Wildman–Crippen MR) is 55.6 cm³/mol. The molecule has 2 heteroatoms. The highest BCUT2D eigenvalue weighted by atomic mass is 15.2. The van der Waals surface area contributed by atoms with Gasteiger partial charge in [-0.15, -0.1) is 0 Å². The third kappa shape index (κ3) is 4.07. The lowest BCUT2D eigenvalue weighted by atomic mass is 10.3. The quantitative estimate of drug-likeness (QED) is 0.548. The van der Waals surface area contributed by atoms with Crippen LogP contribution < -0.4 is 0 Å². The summed E-state index contributed by atoms with van der Waals surface area (Å²) in [6.07, 6.45) is 1.32. The highest BCUT2D eigenvalue weighted by Crippen LogP contribution is 2.04. The lowest BCUT2D eigenvalue weighted by Gasteiger charge is -2.22. The van der Waals surface area contributed by atoms with Gasteiger partial charge in [-0.1, -0.05) is 13.8 Å². The normalized spacial score (nSPS) is 27.2. The second-order valence-electron chi connectivity index (χ2n) is 3.45. The second kappa shape index (κ2) is 6.44. The van der Waals surface area contributed by atoms with Gasteiger partial charge in [-0.05, 0) is 40.5 Å². The fraction of sp³-hybridized carbons (Fsp3) is 1.00. The van der Waals surface area contributed by atoms with Gasteiger partial charge < -0.3 is 9.80 Å². The summed E-state index contributed by atoms with van der Waals surface area (Å²) in [6.45, 7) is 10.0. The highest BCUT2D eigenvalue weighted by molar-refractivity contribution is 4.71. The smallest absolute Gasteiger partial charge is 0.0191 e.